The Morgan fingerprint density at radius 2 is 1.87 bits per heavy atom. The lowest BCUT2D eigenvalue weighted by molar-refractivity contribution is -0.127. The van der Waals surface area contributed by atoms with E-state index >= 15 is 0 Å². The van der Waals surface area contributed by atoms with E-state index in [-0.39, 0.29) is 23.8 Å². The van der Waals surface area contributed by atoms with Gasteiger partial charge in [-0.15, -0.1) is 0 Å². The summed E-state index contributed by atoms with van der Waals surface area (Å²) in [6, 6.07) is 14.5. The topological polar surface area (TPSA) is 80.1 Å². The summed E-state index contributed by atoms with van der Waals surface area (Å²) in [5.41, 5.74) is 2.50. The molecule has 1 saturated heterocycles. The number of nitrogens with one attached hydrogen (secondary N) is 1. The monoisotopic (exact) mass is 437 g/mol. The van der Waals surface area contributed by atoms with E-state index in [2.05, 4.69) is 15.4 Å². The van der Waals surface area contributed by atoms with Crippen LogP contribution < -0.4 is 5.32 Å². The van der Waals surface area contributed by atoms with Crippen molar-refractivity contribution in [1.82, 2.24) is 25.0 Å². The Kier molecular flexibility index (Phi) is 6.32. The predicted molar refractivity (Wildman–Crippen MR) is 118 cm³/mol. The first kappa shape index (κ1) is 21.1. The van der Waals surface area contributed by atoms with Crippen LogP contribution in [0.5, 0.6) is 0 Å². The molecule has 3 aromatic rings. The first-order valence-corrected chi connectivity index (χ1v) is 10.7. The lowest BCUT2D eigenvalue weighted by Gasteiger charge is -2.32. The van der Waals surface area contributed by atoms with Crippen molar-refractivity contribution in [2.45, 2.75) is 25.8 Å². The molecule has 4 rings (SSSR count). The first-order chi connectivity index (χ1) is 15.0. The summed E-state index contributed by atoms with van der Waals surface area (Å²) in [4.78, 5) is 31.4. The molecule has 2 amide bonds. The van der Waals surface area contributed by atoms with Gasteiger partial charge in [-0.05, 0) is 61.7 Å². The Bertz CT molecular complexity index is 1030. The van der Waals surface area contributed by atoms with Crippen molar-refractivity contribution in [3.63, 3.8) is 0 Å². The van der Waals surface area contributed by atoms with Crippen molar-refractivity contribution >= 4 is 23.4 Å². The molecule has 0 aliphatic carbocycles. The molecule has 0 radical (unpaired) electrons. The maximum atomic E-state index is 12.9. The number of rotatable bonds is 5. The third-order valence-corrected chi connectivity index (χ3v) is 5.86. The SMILES string of the molecule is C[C@H](NC(=O)[C@H]1CCCN(C(=O)c2ccc(Cl)cc2)C1)c1ccc(-n2cncn2)cc1. The highest BCUT2D eigenvalue weighted by Crippen LogP contribution is 2.22. The first-order valence-electron chi connectivity index (χ1n) is 10.3. The number of piperidine rings is 1. The standard InChI is InChI=1S/C23H24ClN5O2/c1-16(17-6-10-21(11-7-17)29-15-25-14-26-29)27-22(30)19-3-2-12-28(13-19)23(31)18-4-8-20(24)9-5-18/h4-11,14-16,19H,2-3,12-13H2,1H3,(H,27,30)/t16-,19-/m0/s1. The van der Waals surface area contributed by atoms with E-state index in [9.17, 15) is 9.59 Å². The van der Waals surface area contributed by atoms with Gasteiger partial charge in [-0.25, -0.2) is 9.67 Å². The highest BCUT2D eigenvalue weighted by Gasteiger charge is 2.29. The van der Waals surface area contributed by atoms with E-state index in [1.54, 1.807) is 40.2 Å². The molecule has 160 valence electrons. The van der Waals surface area contributed by atoms with Crippen LogP contribution in [0.2, 0.25) is 5.02 Å². The Morgan fingerprint density at radius 1 is 1.13 bits per heavy atom. The number of hydrogen-bond donors (Lipinski definition) is 1. The number of nitrogens with zero attached hydrogens (tertiary/aromatic N) is 4. The zero-order valence-electron chi connectivity index (χ0n) is 17.2. The third kappa shape index (κ3) is 4.94. The van der Waals surface area contributed by atoms with Crippen LogP contribution in [0.3, 0.4) is 0 Å². The van der Waals surface area contributed by atoms with Crippen molar-refractivity contribution in [3.05, 3.63) is 77.3 Å². The molecule has 8 heteroatoms. The van der Waals surface area contributed by atoms with Crippen LogP contribution in [0, 0.1) is 5.92 Å². The molecular formula is C23H24ClN5O2. The zero-order chi connectivity index (χ0) is 21.8. The molecular weight excluding hydrogens is 414 g/mol. The molecule has 1 aliphatic rings. The highest BCUT2D eigenvalue weighted by molar-refractivity contribution is 6.30. The molecule has 0 bridgehead atoms. The Labute approximate surface area is 186 Å². The van der Waals surface area contributed by atoms with Gasteiger partial charge in [0, 0.05) is 23.7 Å². The van der Waals surface area contributed by atoms with E-state index in [0.29, 0.717) is 23.7 Å². The second-order valence-electron chi connectivity index (χ2n) is 7.76. The minimum Gasteiger partial charge on any atom is -0.349 e. The maximum absolute atomic E-state index is 12.9. The lowest BCUT2D eigenvalue weighted by atomic mass is 9.95. The van der Waals surface area contributed by atoms with E-state index in [4.69, 9.17) is 11.6 Å². The van der Waals surface area contributed by atoms with Crippen LogP contribution in [0.1, 0.15) is 41.7 Å². The fourth-order valence-corrected chi connectivity index (χ4v) is 3.95. The van der Waals surface area contributed by atoms with Gasteiger partial charge in [-0.3, -0.25) is 9.59 Å². The van der Waals surface area contributed by atoms with Crippen LogP contribution in [0.4, 0.5) is 0 Å². The fraction of sp³-hybridized carbons (Fsp3) is 0.304. The molecule has 0 unspecified atom stereocenters. The Morgan fingerprint density at radius 3 is 2.55 bits per heavy atom. The quantitative estimate of drug-likeness (QED) is 0.660. The van der Waals surface area contributed by atoms with Crippen molar-refractivity contribution in [3.8, 4) is 5.69 Å². The third-order valence-electron chi connectivity index (χ3n) is 5.61. The molecule has 2 aromatic carbocycles. The number of likely N-dealkylation sites (tertiary alicyclic amines) is 1. The van der Waals surface area contributed by atoms with Gasteiger partial charge in [0.2, 0.25) is 5.91 Å². The fourth-order valence-electron chi connectivity index (χ4n) is 3.82. The summed E-state index contributed by atoms with van der Waals surface area (Å²) in [6.45, 7) is 3.04. The molecule has 1 fully saturated rings. The second-order valence-corrected chi connectivity index (χ2v) is 8.20. The Balaban J connectivity index is 1.36. The largest absolute Gasteiger partial charge is 0.349 e. The molecule has 7 nitrogen and oxygen atoms in total. The smallest absolute Gasteiger partial charge is 0.253 e. The van der Waals surface area contributed by atoms with Gasteiger partial charge < -0.3 is 10.2 Å². The van der Waals surface area contributed by atoms with Crippen LogP contribution >= 0.6 is 11.6 Å². The Hall–Kier alpha value is -3.19. The normalized spacial score (nSPS) is 17.2. The minimum atomic E-state index is -0.220. The summed E-state index contributed by atoms with van der Waals surface area (Å²) in [7, 11) is 0. The van der Waals surface area contributed by atoms with Crippen molar-refractivity contribution < 1.29 is 9.59 Å². The van der Waals surface area contributed by atoms with Crippen molar-refractivity contribution in [2.75, 3.05) is 13.1 Å². The summed E-state index contributed by atoms with van der Waals surface area (Å²) < 4.78 is 1.68. The number of carbonyl (C=O) groups excluding carboxylic acids is 2. The second kappa shape index (κ2) is 9.31. The molecule has 1 N–H and O–H groups in total. The van der Waals surface area contributed by atoms with Gasteiger partial charge in [-0.1, -0.05) is 23.7 Å². The molecule has 1 aromatic heterocycles. The van der Waals surface area contributed by atoms with Gasteiger partial charge >= 0.3 is 0 Å². The molecule has 31 heavy (non-hydrogen) atoms. The van der Waals surface area contributed by atoms with Gasteiger partial charge in [-0.2, -0.15) is 5.10 Å². The molecule has 0 saturated carbocycles. The highest BCUT2D eigenvalue weighted by atomic mass is 35.5. The predicted octanol–water partition coefficient (Wildman–Crippen LogP) is 3.65. The van der Waals surface area contributed by atoms with Gasteiger partial charge in [0.05, 0.1) is 17.6 Å². The molecule has 2 heterocycles. The van der Waals surface area contributed by atoms with E-state index in [1.165, 1.54) is 6.33 Å². The lowest BCUT2D eigenvalue weighted by Crippen LogP contribution is -2.45. The van der Waals surface area contributed by atoms with Crippen LogP contribution in [-0.4, -0.2) is 44.6 Å². The van der Waals surface area contributed by atoms with E-state index in [0.717, 1.165) is 24.1 Å². The summed E-state index contributed by atoms with van der Waals surface area (Å²) in [5.74, 6) is -0.311. The summed E-state index contributed by atoms with van der Waals surface area (Å²) in [5, 5.41) is 7.81. The number of aromatic nitrogens is 3. The summed E-state index contributed by atoms with van der Waals surface area (Å²) in [6.07, 6.45) is 4.70. The van der Waals surface area contributed by atoms with E-state index in [1.807, 2.05) is 31.2 Å². The maximum Gasteiger partial charge on any atom is 0.253 e. The average Bonchev–Trinajstić information content (AvgIpc) is 3.34. The number of amides is 2. The van der Waals surface area contributed by atoms with Crippen LogP contribution in [0.25, 0.3) is 5.69 Å². The van der Waals surface area contributed by atoms with E-state index < -0.39 is 0 Å². The number of benzene rings is 2. The van der Waals surface area contributed by atoms with Gasteiger partial charge in [0.15, 0.2) is 0 Å². The van der Waals surface area contributed by atoms with Gasteiger partial charge in [0.1, 0.15) is 12.7 Å². The number of halogens is 1. The van der Waals surface area contributed by atoms with Crippen LogP contribution in [-0.2, 0) is 4.79 Å². The van der Waals surface area contributed by atoms with Crippen molar-refractivity contribution in [1.29, 1.82) is 0 Å². The summed E-state index contributed by atoms with van der Waals surface area (Å²) >= 11 is 5.92. The average molecular weight is 438 g/mol. The number of hydrogen-bond acceptors (Lipinski definition) is 4. The van der Waals surface area contributed by atoms with Crippen LogP contribution in [0.15, 0.2) is 61.2 Å². The molecule has 2 atom stereocenters. The van der Waals surface area contributed by atoms with Gasteiger partial charge in [0.25, 0.3) is 5.91 Å². The minimum absolute atomic E-state index is 0.0264. The molecule has 0 spiro atoms. The zero-order valence-corrected chi connectivity index (χ0v) is 18.0. The van der Waals surface area contributed by atoms with Crippen molar-refractivity contribution in [2.24, 2.45) is 5.92 Å². The molecule has 1 aliphatic heterocycles. The number of carbonyl (C=O) groups is 2.